The van der Waals surface area contributed by atoms with Crippen molar-refractivity contribution in [2.45, 2.75) is 61.7 Å². The molecule has 3 aromatic heterocycles. The number of benzene rings is 2. The van der Waals surface area contributed by atoms with Crippen molar-refractivity contribution in [1.82, 2.24) is 34.4 Å². The second-order valence-corrected chi connectivity index (χ2v) is 15.7. The first-order valence-electron chi connectivity index (χ1n) is 16.9. The van der Waals surface area contributed by atoms with Crippen LogP contribution in [-0.2, 0) is 21.0 Å². The summed E-state index contributed by atoms with van der Waals surface area (Å²) in [7, 11) is -4.01. The predicted octanol–water partition coefficient (Wildman–Crippen LogP) is 5.06. The second kappa shape index (κ2) is 13.3. The summed E-state index contributed by atoms with van der Waals surface area (Å²) in [5, 5.41) is 9.93. The van der Waals surface area contributed by atoms with Crippen molar-refractivity contribution < 1.29 is 35.5 Å². The van der Waals surface area contributed by atoms with Crippen molar-refractivity contribution >= 4 is 55.8 Å². The number of hydrogen-bond donors (Lipinski definition) is 3. The second-order valence-electron chi connectivity index (χ2n) is 13.5. The van der Waals surface area contributed by atoms with E-state index in [9.17, 15) is 26.4 Å². The number of nitrogens with zero attached hydrogens (tertiary/aromatic N) is 7. The molecule has 3 fully saturated rings. The van der Waals surface area contributed by atoms with Crippen LogP contribution in [0.1, 0.15) is 48.6 Å². The third-order valence-electron chi connectivity index (χ3n) is 9.56. The van der Waals surface area contributed by atoms with Gasteiger partial charge in [-0.05, 0) is 74.6 Å². The summed E-state index contributed by atoms with van der Waals surface area (Å²) >= 11 is 6.55. The molecule has 2 aromatic carbocycles. The van der Waals surface area contributed by atoms with E-state index < -0.39 is 62.9 Å². The number of alkyl halides is 3. The molecule has 2 aliphatic heterocycles. The van der Waals surface area contributed by atoms with Gasteiger partial charge in [-0.15, -0.1) is 9.19 Å². The molecule has 282 valence electrons. The molecule has 54 heavy (non-hydrogen) atoms. The van der Waals surface area contributed by atoms with E-state index in [-0.39, 0.29) is 56.2 Å². The van der Waals surface area contributed by atoms with Crippen molar-refractivity contribution in [2.24, 2.45) is 0 Å². The minimum Gasteiger partial charge on any atom is -0.453 e. The van der Waals surface area contributed by atoms with Crippen LogP contribution in [0.5, 0.6) is 6.01 Å². The highest BCUT2D eigenvalue weighted by Gasteiger charge is 2.39. The molecule has 14 nitrogen and oxygen atoms in total. The fraction of sp³-hybridized carbons (Fsp3) is 0.353. The molecule has 1 aliphatic carbocycles. The Kier molecular flexibility index (Phi) is 8.84. The molecule has 2 atom stereocenters. The van der Waals surface area contributed by atoms with Gasteiger partial charge in [-0.1, -0.05) is 11.6 Å². The van der Waals surface area contributed by atoms with E-state index in [1.165, 1.54) is 37.3 Å². The maximum absolute atomic E-state index is 16.7. The number of nitrogens with two attached hydrogens (primary N) is 1. The zero-order chi connectivity index (χ0) is 38.1. The average molecular weight is 787 g/mol. The normalized spacial score (nSPS) is 18.7. The number of ether oxygens (including phenoxy) is 1. The van der Waals surface area contributed by atoms with Gasteiger partial charge in [0.25, 0.3) is 15.9 Å². The van der Waals surface area contributed by atoms with Crippen molar-refractivity contribution in [1.29, 1.82) is 0 Å². The van der Waals surface area contributed by atoms with Crippen LogP contribution in [-0.4, -0.2) is 75.2 Å². The number of amides is 1. The molecule has 8 rings (SSSR count). The number of hydrogen-bond acceptors (Lipinski definition) is 12. The molecule has 20 heteroatoms. The van der Waals surface area contributed by atoms with Gasteiger partial charge in [0.05, 0.1) is 26.7 Å². The molecule has 3 aliphatic rings. The lowest BCUT2D eigenvalue weighted by molar-refractivity contribution is -0.137. The topological polar surface area (TPSA) is 183 Å². The van der Waals surface area contributed by atoms with Crippen LogP contribution in [0.2, 0.25) is 5.02 Å². The van der Waals surface area contributed by atoms with Crippen LogP contribution in [0.15, 0.2) is 47.6 Å². The Hall–Kier alpha value is -5.14. The average Bonchev–Trinajstić information content (AvgIpc) is 3.73. The Morgan fingerprint density at radius 2 is 1.78 bits per heavy atom. The molecule has 2 saturated heterocycles. The maximum Gasteiger partial charge on any atom is 0.418 e. The quantitative estimate of drug-likeness (QED) is 0.169. The number of nitrogens with one attached hydrogen (secondary N) is 2. The summed E-state index contributed by atoms with van der Waals surface area (Å²) in [4.78, 5) is 31.5. The highest BCUT2D eigenvalue weighted by atomic mass is 35.5. The highest BCUT2D eigenvalue weighted by molar-refractivity contribution is 7.89. The van der Waals surface area contributed by atoms with E-state index in [4.69, 9.17) is 22.1 Å². The number of carbonyl (C=O) groups is 1. The zero-order valence-electron chi connectivity index (χ0n) is 28.4. The van der Waals surface area contributed by atoms with Gasteiger partial charge in [-0.25, -0.2) is 14.4 Å². The summed E-state index contributed by atoms with van der Waals surface area (Å²) in [5.41, 5.74) is 2.73. The van der Waals surface area contributed by atoms with E-state index in [0.717, 1.165) is 42.2 Å². The van der Waals surface area contributed by atoms with E-state index in [0.29, 0.717) is 18.9 Å². The molecular weight excluding hydrogens is 756 g/mol. The smallest absolute Gasteiger partial charge is 0.418 e. The van der Waals surface area contributed by atoms with Crippen LogP contribution in [0.3, 0.4) is 0 Å². The Morgan fingerprint density at radius 1 is 1.07 bits per heavy atom. The van der Waals surface area contributed by atoms with Crippen LogP contribution >= 0.6 is 11.6 Å². The summed E-state index contributed by atoms with van der Waals surface area (Å²) in [6.45, 7) is 1.51. The standard InChI is InChI=1S/C34H31ClF4N10O4S/c1-16-10-24(40)44-30(27(16)34(37,38)39)26-23(35)11-22-29(28(26)36)45-33(46-32(22)48-12-19-4-5-20(13-48)42-19)53-14-25(50)43-18-6-8-21(9-7-18)54(51,52)49-15-41-31(47-49)17-2-3-17/h6-11,15,17,19-20,42H,2-5,12-14H2,1H3,(H2,40,44)(H,43,50). The third-order valence-corrected chi connectivity index (χ3v) is 11.4. The number of pyridine rings is 1. The molecular formula is C34H31ClF4N10O4S. The molecule has 2 unspecified atom stereocenters. The SMILES string of the molecule is Cc1cc(N)nc(-c2c(Cl)cc3c(N4CC5CCC(C4)N5)nc(OCC(=O)Nc4ccc(S(=O)(=O)n5cnc(C6CC6)n5)cc4)nc3c2F)c1C(F)(F)F. The van der Waals surface area contributed by atoms with Crippen LogP contribution in [0.4, 0.5) is 34.9 Å². The first-order chi connectivity index (χ1) is 25.7. The highest BCUT2D eigenvalue weighted by Crippen LogP contribution is 2.45. The first-order valence-corrected chi connectivity index (χ1v) is 18.7. The monoisotopic (exact) mass is 786 g/mol. The van der Waals surface area contributed by atoms with Crippen molar-refractivity contribution in [3.63, 3.8) is 0 Å². The number of aromatic nitrogens is 6. The van der Waals surface area contributed by atoms with Crippen molar-refractivity contribution in [2.75, 3.05) is 35.6 Å². The number of piperazine rings is 1. The van der Waals surface area contributed by atoms with Crippen LogP contribution in [0, 0.1) is 12.7 Å². The van der Waals surface area contributed by atoms with Crippen molar-refractivity contribution in [3.05, 3.63) is 70.5 Å². The number of rotatable bonds is 9. The molecule has 0 spiro atoms. The molecule has 1 amide bonds. The molecule has 5 heterocycles. The summed E-state index contributed by atoms with van der Waals surface area (Å²) in [6.07, 6.45) is -0.139. The molecule has 0 radical (unpaired) electrons. The first kappa shape index (κ1) is 35.9. The van der Waals surface area contributed by atoms with Gasteiger partial charge < -0.3 is 26.0 Å². The number of carbonyl (C=O) groups excluding carboxylic acids is 1. The Morgan fingerprint density at radius 3 is 2.44 bits per heavy atom. The predicted molar refractivity (Wildman–Crippen MR) is 189 cm³/mol. The Bertz CT molecular complexity index is 2410. The summed E-state index contributed by atoms with van der Waals surface area (Å²) in [6, 6.07) is 7.53. The number of anilines is 3. The lowest BCUT2D eigenvalue weighted by Crippen LogP contribution is -2.51. The van der Waals surface area contributed by atoms with Gasteiger partial charge >= 0.3 is 12.2 Å². The molecule has 4 N–H and O–H groups in total. The van der Waals surface area contributed by atoms with Gasteiger partial charge in [0.2, 0.25) is 0 Å². The Labute approximate surface area is 310 Å². The lowest BCUT2D eigenvalue weighted by Gasteiger charge is -2.34. The van der Waals surface area contributed by atoms with Gasteiger partial charge in [0.15, 0.2) is 18.2 Å². The van der Waals surface area contributed by atoms with Gasteiger partial charge in [-0.2, -0.15) is 31.6 Å². The van der Waals surface area contributed by atoms with Gasteiger partial charge in [0, 0.05) is 42.2 Å². The molecule has 1 saturated carbocycles. The van der Waals surface area contributed by atoms with Crippen LogP contribution < -0.4 is 26.0 Å². The zero-order valence-corrected chi connectivity index (χ0v) is 29.9. The fourth-order valence-corrected chi connectivity index (χ4v) is 8.28. The maximum atomic E-state index is 16.7. The lowest BCUT2D eigenvalue weighted by atomic mass is 9.99. The number of aryl methyl sites for hydroxylation is 1. The summed E-state index contributed by atoms with van der Waals surface area (Å²) < 4.78 is 92.0. The van der Waals surface area contributed by atoms with Crippen molar-refractivity contribution in [3.8, 4) is 17.3 Å². The van der Waals surface area contributed by atoms with E-state index in [2.05, 4.69) is 35.7 Å². The minimum absolute atomic E-state index is 0.0742. The van der Waals surface area contributed by atoms with E-state index in [1.54, 1.807) is 0 Å². The molecule has 2 bridgehead atoms. The number of fused-ring (bicyclic) bond motifs is 3. The number of halogens is 5. The van der Waals surface area contributed by atoms with Gasteiger partial charge in [0.1, 0.15) is 23.5 Å². The van der Waals surface area contributed by atoms with Crippen LogP contribution in [0.25, 0.3) is 22.2 Å². The Balaban J connectivity index is 1.09. The van der Waals surface area contributed by atoms with Gasteiger partial charge in [-0.3, -0.25) is 4.79 Å². The van der Waals surface area contributed by atoms with E-state index >= 15 is 4.39 Å². The fourth-order valence-electron chi connectivity index (χ4n) is 6.94. The third kappa shape index (κ3) is 6.75. The summed E-state index contributed by atoms with van der Waals surface area (Å²) in [5.74, 6) is -1.30. The van der Waals surface area contributed by atoms with E-state index in [1.807, 2.05) is 4.90 Å². The largest absolute Gasteiger partial charge is 0.453 e. The minimum atomic E-state index is -4.92. The molecule has 5 aromatic rings. The number of nitrogen functional groups attached to an aromatic ring is 1.